The van der Waals surface area contributed by atoms with Gasteiger partial charge >= 0.3 is 0 Å². The molecule has 0 radical (unpaired) electrons. The second kappa shape index (κ2) is 9.43. The molecule has 0 saturated carbocycles. The van der Waals surface area contributed by atoms with Crippen LogP contribution in [0.15, 0.2) is 16.3 Å². The number of hydrogen-bond acceptors (Lipinski definition) is 6. The molecule has 1 heterocycles. The SMILES string of the molecule is COCCOCCCNS(=O)(=O)c1ccc(CCN)s1. The average Bonchev–Trinajstić information content (AvgIpc) is 2.88. The fourth-order valence-corrected chi connectivity index (χ4v) is 3.97. The molecule has 0 amide bonds. The Kier molecular flexibility index (Phi) is 8.27. The average molecular weight is 322 g/mol. The summed E-state index contributed by atoms with van der Waals surface area (Å²) in [5.74, 6) is 0. The third kappa shape index (κ3) is 6.29. The van der Waals surface area contributed by atoms with Crippen molar-refractivity contribution < 1.29 is 17.9 Å². The lowest BCUT2D eigenvalue weighted by molar-refractivity contribution is 0.0699. The van der Waals surface area contributed by atoms with Crippen LogP contribution in [0, 0.1) is 0 Å². The van der Waals surface area contributed by atoms with Gasteiger partial charge in [-0.3, -0.25) is 0 Å². The molecule has 116 valence electrons. The minimum Gasteiger partial charge on any atom is -0.382 e. The maximum atomic E-state index is 12.0. The fraction of sp³-hybridized carbons (Fsp3) is 0.667. The molecule has 0 atom stereocenters. The predicted octanol–water partition coefficient (Wildman–Crippen LogP) is 0.581. The highest BCUT2D eigenvalue weighted by atomic mass is 32.2. The van der Waals surface area contributed by atoms with E-state index in [2.05, 4.69) is 4.72 Å². The van der Waals surface area contributed by atoms with Gasteiger partial charge in [0.25, 0.3) is 0 Å². The number of nitrogens with two attached hydrogens (primary N) is 1. The normalized spacial score (nSPS) is 11.9. The maximum absolute atomic E-state index is 12.0. The predicted molar refractivity (Wildman–Crippen MR) is 79.6 cm³/mol. The number of hydrogen-bond donors (Lipinski definition) is 2. The van der Waals surface area contributed by atoms with E-state index in [1.165, 1.54) is 11.3 Å². The molecule has 0 saturated heterocycles. The van der Waals surface area contributed by atoms with Crippen LogP contribution in [0.4, 0.5) is 0 Å². The highest BCUT2D eigenvalue weighted by Crippen LogP contribution is 2.21. The number of ether oxygens (including phenoxy) is 2. The van der Waals surface area contributed by atoms with Crippen molar-refractivity contribution in [3.63, 3.8) is 0 Å². The Bertz CT molecular complexity index is 474. The second-order valence-corrected chi connectivity index (χ2v) is 7.28. The van der Waals surface area contributed by atoms with Gasteiger partial charge in [-0.15, -0.1) is 11.3 Å². The monoisotopic (exact) mass is 322 g/mol. The van der Waals surface area contributed by atoms with Crippen molar-refractivity contribution in [2.24, 2.45) is 5.73 Å². The summed E-state index contributed by atoms with van der Waals surface area (Å²) < 4.78 is 37.0. The largest absolute Gasteiger partial charge is 0.382 e. The summed E-state index contributed by atoms with van der Waals surface area (Å²) in [5.41, 5.74) is 5.45. The zero-order valence-corrected chi connectivity index (χ0v) is 13.3. The summed E-state index contributed by atoms with van der Waals surface area (Å²) >= 11 is 1.26. The summed E-state index contributed by atoms with van der Waals surface area (Å²) in [5, 5.41) is 0. The van der Waals surface area contributed by atoms with Gasteiger partial charge in [0, 0.05) is 25.1 Å². The van der Waals surface area contributed by atoms with Crippen LogP contribution in [0.5, 0.6) is 0 Å². The Morgan fingerprint density at radius 1 is 1.30 bits per heavy atom. The lowest BCUT2D eigenvalue weighted by Gasteiger charge is -2.05. The smallest absolute Gasteiger partial charge is 0.250 e. The first-order chi connectivity index (χ1) is 9.60. The second-order valence-electron chi connectivity index (χ2n) is 4.12. The van der Waals surface area contributed by atoms with Crippen molar-refractivity contribution in [3.8, 4) is 0 Å². The molecule has 1 aromatic rings. The minimum atomic E-state index is -3.41. The van der Waals surface area contributed by atoms with Crippen LogP contribution >= 0.6 is 11.3 Å². The Balaban J connectivity index is 2.30. The number of nitrogens with one attached hydrogen (secondary N) is 1. The molecular formula is C12H22N2O4S2. The van der Waals surface area contributed by atoms with Crippen molar-refractivity contribution >= 4 is 21.4 Å². The van der Waals surface area contributed by atoms with E-state index in [-0.39, 0.29) is 0 Å². The van der Waals surface area contributed by atoms with Crippen molar-refractivity contribution in [2.45, 2.75) is 17.1 Å². The zero-order chi connectivity index (χ0) is 14.8. The van der Waals surface area contributed by atoms with E-state index in [0.29, 0.717) is 50.0 Å². The van der Waals surface area contributed by atoms with Crippen LogP contribution in [-0.2, 0) is 25.9 Å². The molecule has 20 heavy (non-hydrogen) atoms. The number of methoxy groups -OCH3 is 1. The molecule has 1 rings (SSSR count). The Hall–Kier alpha value is -0.510. The van der Waals surface area contributed by atoms with Gasteiger partial charge in [0.2, 0.25) is 10.0 Å². The lowest BCUT2D eigenvalue weighted by atomic mass is 10.3. The molecule has 0 spiro atoms. The number of thiophene rings is 1. The molecule has 0 aliphatic rings. The van der Waals surface area contributed by atoms with Crippen LogP contribution in [0.25, 0.3) is 0 Å². The van der Waals surface area contributed by atoms with Gasteiger partial charge in [-0.05, 0) is 31.5 Å². The van der Waals surface area contributed by atoms with Crippen molar-refractivity contribution in [3.05, 3.63) is 17.0 Å². The molecule has 0 aromatic carbocycles. The van der Waals surface area contributed by atoms with Gasteiger partial charge in [-0.25, -0.2) is 13.1 Å². The highest BCUT2D eigenvalue weighted by Gasteiger charge is 2.15. The van der Waals surface area contributed by atoms with Crippen molar-refractivity contribution in [2.75, 3.05) is 40.0 Å². The van der Waals surface area contributed by atoms with E-state index >= 15 is 0 Å². The molecule has 0 aliphatic carbocycles. The summed E-state index contributed by atoms with van der Waals surface area (Å²) in [7, 11) is -1.80. The topological polar surface area (TPSA) is 90.6 Å². The molecule has 3 N–H and O–H groups in total. The van der Waals surface area contributed by atoms with Gasteiger partial charge in [0.15, 0.2) is 0 Å². The van der Waals surface area contributed by atoms with E-state index in [1.807, 2.05) is 0 Å². The quantitative estimate of drug-likeness (QED) is 0.582. The van der Waals surface area contributed by atoms with E-state index in [9.17, 15) is 8.42 Å². The molecular weight excluding hydrogens is 300 g/mol. The standard InChI is InChI=1S/C12H22N2O4S2/c1-17-9-10-18-8-2-7-14-20(15,16)12-4-3-11(19-12)5-6-13/h3-4,14H,2,5-10,13H2,1H3. The van der Waals surface area contributed by atoms with Crippen molar-refractivity contribution in [1.29, 1.82) is 0 Å². The Morgan fingerprint density at radius 2 is 2.10 bits per heavy atom. The summed E-state index contributed by atoms with van der Waals surface area (Å²) in [4.78, 5) is 0.982. The van der Waals surface area contributed by atoms with Gasteiger partial charge in [0.1, 0.15) is 4.21 Å². The van der Waals surface area contributed by atoms with E-state index in [4.69, 9.17) is 15.2 Å². The summed E-state index contributed by atoms with van der Waals surface area (Å²) in [6.45, 7) is 2.46. The third-order valence-corrected chi connectivity index (χ3v) is 5.58. The first-order valence-electron chi connectivity index (χ1n) is 6.45. The first-order valence-corrected chi connectivity index (χ1v) is 8.75. The zero-order valence-electron chi connectivity index (χ0n) is 11.6. The summed E-state index contributed by atoms with van der Waals surface area (Å²) in [6, 6.07) is 3.42. The Labute approximate surface area is 124 Å². The minimum absolute atomic E-state index is 0.334. The maximum Gasteiger partial charge on any atom is 0.250 e. The van der Waals surface area contributed by atoms with Crippen LogP contribution in [0.1, 0.15) is 11.3 Å². The first kappa shape index (κ1) is 17.5. The molecule has 0 fully saturated rings. The van der Waals surface area contributed by atoms with E-state index in [0.717, 1.165) is 4.88 Å². The third-order valence-electron chi connectivity index (χ3n) is 2.48. The number of sulfonamides is 1. The van der Waals surface area contributed by atoms with Crippen molar-refractivity contribution in [1.82, 2.24) is 4.72 Å². The molecule has 0 bridgehead atoms. The van der Waals surface area contributed by atoms with Crippen LogP contribution in [0.2, 0.25) is 0 Å². The lowest BCUT2D eigenvalue weighted by Crippen LogP contribution is -2.25. The summed E-state index contributed by atoms with van der Waals surface area (Å²) in [6.07, 6.45) is 1.33. The van der Waals surface area contributed by atoms with Gasteiger partial charge in [0.05, 0.1) is 13.2 Å². The van der Waals surface area contributed by atoms with Gasteiger partial charge in [-0.1, -0.05) is 0 Å². The molecule has 1 aromatic heterocycles. The molecule has 0 unspecified atom stereocenters. The van der Waals surface area contributed by atoms with Crippen LogP contribution in [0.3, 0.4) is 0 Å². The van der Waals surface area contributed by atoms with Crippen LogP contribution in [-0.4, -0.2) is 48.4 Å². The van der Waals surface area contributed by atoms with Gasteiger partial charge < -0.3 is 15.2 Å². The van der Waals surface area contributed by atoms with Gasteiger partial charge in [-0.2, -0.15) is 0 Å². The fourth-order valence-electron chi connectivity index (χ4n) is 1.48. The highest BCUT2D eigenvalue weighted by molar-refractivity contribution is 7.91. The van der Waals surface area contributed by atoms with Crippen LogP contribution < -0.4 is 10.5 Å². The molecule has 8 heteroatoms. The molecule has 0 aliphatic heterocycles. The van der Waals surface area contributed by atoms with E-state index < -0.39 is 10.0 Å². The van der Waals surface area contributed by atoms with E-state index in [1.54, 1.807) is 19.2 Å². The number of rotatable bonds is 11. The molecule has 6 nitrogen and oxygen atoms in total. The Morgan fingerprint density at radius 3 is 2.80 bits per heavy atom.